The van der Waals surface area contributed by atoms with Gasteiger partial charge in [-0.1, -0.05) is 176 Å². The van der Waals surface area contributed by atoms with Gasteiger partial charge >= 0.3 is 15.1 Å². The van der Waals surface area contributed by atoms with Crippen LogP contribution in [0.15, 0.2) is 304 Å². The van der Waals surface area contributed by atoms with Gasteiger partial charge in [0.1, 0.15) is 33.8 Å². The molecule has 14 aromatic rings. The first-order valence-electron chi connectivity index (χ1n) is 26.5. The Morgan fingerprint density at radius 1 is 0.237 bits per heavy atom. The molecule has 0 atom stereocenters. The number of nitrogens with zero attached hydrogens (tertiary/aromatic N) is 5. The molecule has 0 spiro atoms. The van der Waals surface area contributed by atoms with E-state index in [-0.39, 0.29) is 0 Å². The van der Waals surface area contributed by atoms with Gasteiger partial charge in [0.05, 0.1) is 0 Å². The summed E-state index contributed by atoms with van der Waals surface area (Å²) < 4.78 is 19.2. The zero-order chi connectivity index (χ0) is 53.5. The van der Waals surface area contributed by atoms with E-state index >= 15 is 0 Å². The fraction of sp³-hybridized carbons (Fsp3) is 0. The van der Waals surface area contributed by atoms with Crippen LogP contribution in [0.3, 0.4) is 0 Å². The normalized spacial score (nSPS) is 11.0. The highest BCUT2D eigenvalue weighted by molar-refractivity contribution is 6.40. The highest BCUT2D eigenvalue weighted by Gasteiger charge is 2.46. The molecule has 11 aromatic carbocycles. The van der Waals surface area contributed by atoms with E-state index in [1.54, 1.807) is 18.6 Å². The summed E-state index contributed by atoms with van der Waals surface area (Å²) in [6.07, 6.45) is 5.24. The molecule has 0 aliphatic heterocycles. The Labute approximate surface area is 469 Å². The second-order valence-corrected chi connectivity index (χ2v) is 20.4. The van der Waals surface area contributed by atoms with E-state index in [2.05, 4.69) is 219 Å². The number of fused-ring (bicyclic) bond motifs is 5. The molecule has 0 radical (unpaired) electrons. The van der Waals surface area contributed by atoms with Gasteiger partial charge in [-0.3, -0.25) is 15.0 Å². The van der Waals surface area contributed by atoms with Crippen LogP contribution in [0, 0.1) is 0 Å². The Kier molecular flexibility index (Phi) is 14.0. The van der Waals surface area contributed by atoms with Crippen LogP contribution in [-0.4, -0.2) is 30.1 Å². The molecule has 0 amide bonds. The molecule has 0 fully saturated rings. The topological polar surface area (TPSA) is 72.8 Å². The van der Waals surface area contributed by atoms with Crippen molar-refractivity contribution >= 4 is 104 Å². The second kappa shape index (κ2) is 22.7. The first kappa shape index (κ1) is 49.3. The molecule has 14 rings (SSSR count). The molecule has 9 heteroatoms. The van der Waals surface area contributed by atoms with Crippen molar-refractivity contribution in [2.24, 2.45) is 0 Å². The van der Waals surface area contributed by atoms with E-state index in [4.69, 9.17) is 11.4 Å². The van der Waals surface area contributed by atoms with E-state index in [0.717, 1.165) is 66.8 Å². The Morgan fingerprint density at radius 2 is 0.537 bits per heavy atom. The van der Waals surface area contributed by atoms with E-state index in [0.29, 0.717) is 17.2 Å². The maximum Gasteiger partial charge on any atom is 1.20 e. The molecule has 380 valence electrons. The minimum Gasteiger partial charge on any atom is -0.576 e. The fourth-order valence-electron chi connectivity index (χ4n) is 10.2. The van der Waals surface area contributed by atoms with Crippen molar-refractivity contribution in [3.63, 3.8) is 0 Å². The molecular weight excluding hydrogens is 998 g/mol. The molecule has 0 saturated carbocycles. The lowest BCUT2D eigenvalue weighted by Crippen LogP contribution is -2.37. The molecule has 0 unspecified atom stereocenters. The predicted molar refractivity (Wildman–Crippen MR) is 329 cm³/mol. The molecule has 80 heavy (non-hydrogen) atoms. The number of aromatic nitrogens is 3. The maximum atomic E-state index is 6.41. The zero-order valence-corrected chi connectivity index (χ0v) is 44.6. The summed E-state index contributed by atoms with van der Waals surface area (Å²) in [5.74, 6) is 1.82. The van der Waals surface area contributed by atoms with Crippen LogP contribution in [0.5, 0.6) is 17.2 Å². The Bertz CT molecular complexity index is 4060. The van der Waals surface area contributed by atoms with Crippen molar-refractivity contribution < 1.29 is 11.4 Å². The number of para-hydroxylation sites is 5. The molecule has 0 saturated heterocycles. The molecule has 3 heterocycles. The Hall–Kier alpha value is -10.3. The third kappa shape index (κ3) is 10.6. The molecule has 0 aliphatic carbocycles. The van der Waals surface area contributed by atoms with E-state index in [1.807, 2.05) is 91.0 Å². The largest absolute Gasteiger partial charge is 1.20 e. The van der Waals surface area contributed by atoms with E-state index in [9.17, 15) is 0 Å². The van der Waals surface area contributed by atoms with Crippen molar-refractivity contribution in [1.82, 2.24) is 15.0 Å². The van der Waals surface area contributed by atoms with Crippen molar-refractivity contribution in [2.75, 3.05) is 9.80 Å². The third-order valence-electron chi connectivity index (χ3n) is 14.1. The Balaban J connectivity index is 0.000000158. The highest BCUT2D eigenvalue weighted by atomic mass is 27.3. The van der Waals surface area contributed by atoms with Crippen LogP contribution in [0.4, 0.5) is 34.1 Å². The Morgan fingerprint density at radius 3 is 0.912 bits per heavy atom. The summed E-state index contributed by atoms with van der Waals surface area (Å²) in [5, 5.41) is 7.87. The van der Waals surface area contributed by atoms with E-state index in [1.165, 1.54) is 32.7 Å². The molecule has 0 aliphatic rings. The smallest absolute Gasteiger partial charge is 0.576 e. The molecule has 0 N–H and O–H groups in total. The van der Waals surface area contributed by atoms with Gasteiger partial charge < -0.3 is 21.2 Å². The van der Waals surface area contributed by atoms with Gasteiger partial charge in [0.25, 0.3) is 0 Å². The number of benzene rings is 11. The number of hydrogen-bond donors (Lipinski definition) is 0. The summed E-state index contributed by atoms with van der Waals surface area (Å²) in [7, 11) is 0. The van der Waals surface area contributed by atoms with Gasteiger partial charge in [0.15, 0.2) is 0 Å². The number of pyridine rings is 3. The summed E-state index contributed by atoms with van der Waals surface area (Å²) >= 11 is -2.86. The number of hydrogen-bond acceptors (Lipinski definition) is 8. The first-order chi connectivity index (χ1) is 39.6. The molecule has 8 nitrogen and oxygen atoms in total. The van der Waals surface area contributed by atoms with Crippen molar-refractivity contribution in [1.29, 1.82) is 0 Å². The SMILES string of the molecule is c1ccc(N(c2ccc(-c3ccc(N(c4ccccc4)c4ccc5ccccc5c4)cc3)cc2)c2ccc3ccccc3c2)cc1.c1cnc2c([O][Al]([O]c3cccc4cccnc34)[O]c3cccc4cccnc34)cccc2c1. The average Bonchev–Trinajstić information content (AvgIpc) is 3.53. The molecular formula is C71H50AlN5O3. The summed E-state index contributed by atoms with van der Waals surface area (Å²) in [4.78, 5) is 18.2. The average molecular weight is 1050 g/mol. The van der Waals surface area contributed by atoms with Gasteiger partial charge in [-0.15, -0.1) is 0 Å². The van der Waals surface area contributed by atoms with Crippen LogP contribution in [-0.2, 0) is 0 Å². The minimum atomic E-state index is -2.86. The number of anilines is 6. The standard InChI is InChI=1S/C44H32N2.3C9H7NO.Al/c1-3-15-39(16-4-1)45(43-29-23-33-11-7-9-13-37(33)31-43)41-25-19-35(20-26-41)36-21-27-42(28-22-36)46(40-17-5-2-6-18-40)44-30-24-34-12-8-10-14-38(34)32-44;3*11-8-5-1-3-7-4-2-6-10-9(7)8;/h1-32H;3*1-6,11H;/q;;;;+3/p-3. The zero-order valence-electron chi connectivity index (χ0n) is 43.4. The van der Waals surface area contributed by atoms with Gasteiger partial charge in [-0.05, 0) is 142 Å². The van der Waals surface area contributed by atoms with Gasteiger partial charge in [0, 0.05) is 68.9 Å². The fourth-order valence-corrected chi connectivity index (χ4v) is 11.5. The summed E-state index contributed by atoms with van der Waals surface area (Å²) in [5.41, 5.74) is 11.4. The minimum absolute atomic E-state index is 0.608. The monoisotopic (exact) mass is 1050 g/mol. The summed E-state index contributed by atoms with van der Waals surface area (Å²) in [6.45, 7) is 0. The lowest BCUT2D eigenvalue weighted by atomic mass is 10.0. The highest BCUT2D eigenvalue weighted by Crippen LogP contribution is 2.40. The van der Waals surface area contributed by atoms with Crippen molar-refractivity contribution in [2.45, 2.75) is 0 Å². The summed E-state index contributed by atoms with van der Waals surface area (Å²) in [6, 6.07) is 98.4. The third-order valence-corrected chi connectivity index (χ3v) is 15.4. The lowest BCUT2D eigenvalue weighted by Gasteiger charge is -2.26. The number of rotatable bonds is 13. The molecule has 0 bridgehead atoms. The quantitative estimate of drug-likeness (QED) is 0.106. The van der Waals surface area contributed by atoms with E-state index < -0.39 is 15.1 Å². The van der Waals surface area contributed by atoms with Crippen LogP contribution >= 0.6 is 0 Å². The lowest BCUT2D eigenvalue weighted by molar-refractivity contribution is 0.311. The molecule has 3 aromatic heterocycles. The van der Waals surface area contributed by atoms with Crippen molar-refractivity contribution in [3.05, 3.63) is 304 Å². The van der Waals surface area contributed by atoms with Crippen LogP contribution < -0.4 is 21.2 Å². The second-order valence-electron chi connectivity index (χ2n) is 19.1. The first-order valence-corrected chi connectivity index (χ1v) is 28.0. The van der Waals surface area contributed by atoms with Gasteiger partial charge in [0.2, 0.25) is 0 Å². The van der Waals surface area contributed by atoms with Crippen LogP contribution in [0.25, 0.3) is 65.4 Å². The van der Waals surface area contributed by atoms with Gasteiger partial charge in [-0.25, -0.2) is 0 Å². The van der Waals surface area contributed by atoms with Crippen LogP contribution in [0.1, 0.15) is 0 Å². The predicted octanol–water partition coefficient (Wildman–Crippen LogP) is 18.5. The van der Waals surface area contributed by atoms with Gasteiger partial charge in [-0.2, -0.15) is 0 Å². The van der Waals surface area contributed by atoms with Crippen LogP contribution in [0.2, 0.25) is 0 Å². The maximum absolute atomic E-state index is 6.41. The van der Waals surface area contributed by atoms with Crippen molar-refractivity contribution in [3.8, 4) is 28.4 Å².